The lowest BCUT2D eigenvalue weighted by atomic mass is 10.1. The fourth-order valence-electron chi connectivity index (χ4n) is 1.65. The first-order chi connectivity index (χ1) is 10.0. The average Bonchev–Trinajstić information content (AvgIpc) is 2.48. The summed E-state index contributed by atoms with van der Waals surface area (Å²) in [5, 5.41) is 5.50. The molecule has 2 amide bonds. The third-order valence-corrected chi connectivity index (χ3v) is 3.43. The van der Waals surface area contributed by atoms with E-state index in [0.717, 1.165) is 0 Å². The first kappa shape index (κ1) is 15.5. The van der Waals surface area contributed by atoms with Crippen molar-refractivity contribution in [3.05, 3.63) is 57.3 Å². The molecule has 0 fully saturated rings. The monoisotopic (exact) mass is 367 g/mol. The zero-order valence-corrected chi connectivity index (χ0v) is 13.3. The van der Waals surface area contributed by atoms with Crippen LogP contribution >= 0.6 is 27.5 Å². The highest BCUT2D eigenvalue weighted by Crippen LogP contribution is 2.21. The first-order valence-electron chi connectivity index (χ1n) is 5.95. The summed E-state index contributed by atoms with van der Waals surface area (Å²) in [6.45, 7) is 0. The molecule has 0 unspecified atom stereocenters. The highest BCUT2D eigenvalue weighted by Gasteiger charge is 2.12. The highest BCUT2D eigenvalue weighted by atomic mass is 79.9. The number of hydrogen-bond donors (Lipinski definition) is 2. The Morgan fingerprint density at radius 1 is 1.19 bits per heavy atom. The fraction of sp³-hybridized carbons (Fsp3) is 0.0714. The average molecular weight is 369 g/mol. The van der Waals surface area contributed by atoms with Crippen LogP contribution in [0.1, 0.15) is 20.7 Å². The number of benzene rings is 1. The Bertz CT molecular complexity index is 706. The summed E-state index contributed by atoms with van der Waals surface area (Å²) in [7, 11) is 1.51. The van der Waals surface area contributed by atoms with Gasteiger partial charge in [-0.15, -0.1) is 0 Å². The molecule has 1 heterocycles. The SMILES string of the molecule is CNC(=O)c1cc(NC(=O)c2cncc(Br)c2)ccc1Cl. The number of amides is 2. The molecule has 5 nitrogen and oxygen atoms in total. The van der Waals surface area contributed by atoms with Crippen molar-refractivity contribution in [2.24, 2.45) is 0 Å². The zero-order valence-electron chi connectivity index (χ0n) is 11.0. The van der Waals surface area contributed by atoms with Crippen molar-refractivity contribution in [3.63, 3.8) is 0 Å². The van der Waals surface area contributed by atoms with Gasteiger partial charge in [0.1, 0.15) is 0 Å². The van der Waals surface area contributed by atoms with E-state index in [2.05, 4.69) is 31.5 Å². The largest absolute Gasteiger partial charge is 0.355 e. The second kappa shape index (κ2) is 6.69. The van der Waals surface area contributed by atoms with Crippen LogP contribution in [0.15, 0.2) is 41.1 Å². The molecule has 108 valence electrons. The lowest BCUT2D eigenvalue weighted by molar-refractivity contribution is 0.0961. The van der Waals surface area contributed by atoms with Crippen LogP contribution in [0.4, 0.5) is 5.69 Å². The van der Waals surface area contributed by atoms with Crippen LogP contribution in [0, 0.1) is 0 Å². The number of pyridine rings is 1. The van der Waals surface area contributed by atoms with Crippen LogP contribution < -0.4 is 10.6 Å². The molecule has 2 N–H and O–H groups in total. The summed E-state index contributed by atoms with van der Waals surface area (Å²) < 4.78 is 0.706. The third-order valence-electron chi connectivity index (χ3n) is 2.66. The third kappa shape index (κ3) is 3.80. The van der Waals surface area contributed by atoms with Crippen molar-refractivity contribution in [1.82, 2.24) is 10.3 Å². The Morgan fingerprint density at radius 2 is 1.95 bits per heavy atom. The molecule has 0 saturated heterocycles. The van der Waals surface area contributed by atoms with Crippen molar-refractivity contribution in [2.45, 2.75) is 0 Å². The maximum atomic E-state index is 12.1. The predicted octanol–water partition coefficient (Wildman–Crippen LogP) is 3.11. The van der Waals surface area contributed by atoms with Crippen molar-refractivity contribution in [3.8, 4) is 0 Å². The van der Waals surface area contributed by atoms with Gasteiger partial charge >= 0.3 is 0 Å². The van der Waals surface area contributed by atoms with E-state index < -0.39 is 0 Å². The van der Waals surface area contributed by atoms with Gasteiger partial charge < -0.3 is 10.6 Å². The molecule has 1 aromatic heterocycles. The predicted molar refractivity (Wildman–Crippen MR) is 84.7 cm³/mol. The zero-order chi connectivity index (χ0) is 15.4. The molecular formula is C14H11BrClN3O2. The van der Waals surface area contributed by atoms with Crippen LogP contribution in [0.25, 0.3) is 0 Å². The van der Waals surface area contributed by atoms with Crippen molar-refractivity contribution >= 4 is 45.0 Å². The standard InChI is InChI=1S/C14H11BrClN3O2/c1-17-14(21)11-5-10(2-3-12(11)16)19-13(20)8-4-9(15)7-18-6-8/h2-7H,1H3,(H,17,21)(H,19,20). The molecule has 0 saturated carbocycles. The maximum absolute atomic E-state index is 12.1. The Balaban J connectivity index is 2.24. The number of carbonyl (C=O) groups is 2. The molecule has 0 atom stereocenters. The van der Waals surface area contributed by atoms with Gasteiger partial charge in [0.05, 0.1) is 16.1 Å². The van der Waals surface area contributed by atoms with E-state index in [9.17, 15) is 9.59 Å². The molecule has 21 heavy (non-hydrogen) atoms. The van der Waals surface area contributed by atoms with Gasteiger partial charge in [-0.1, -0.05) is 11.6 Å². The molecule has 1 aromatic carbocycles. The van der Waals surface area contributed by atoms with Crippen molar-refractivity contribution in [1.29, 1.82) is 0 Å². The van der Waals surface area contributed by atoms with Gasteiger partial charge in [0, 0.05) is 29.6 Å². The summed E-state index contributed by atoms with van der Waals surface area (Å²) in [5.41, 5.74) is 1.17. The van der Waals surface area contributed by atoms with E-state index in [1.807, 2.05) is 0 Å². The molecule has 2 rings (SSSR count). The van der Waals surface area contributed by atoms with Gasteiger partial charge in [-0.2, -0.15) is 0 Å². The smallest absolute Gasteiger partial charge is 0.257 e. The van der Waals surface area contributed by atoms with Gasteiger partial charge in [-0.3, -0.25) is 14.6 Å². The summed E-state index contributed by atoms with van der Waals surface area (Å²) in [6, 6.07) is 6.35. The Labute approximate surface area is 134 Å². The number of nitrogens with one attached hydrogen (secondary N) is 2. The van der Waals surface area contributed by atoms with E-state index in [1.165, 1.54) is 19.3 Å². The number of aromatic nitrogens is 1. The van der Waals surface area contributed by atoms with Crippen LogP contribution in [0.3, 0.4) is 0 Å². The van der Waals surface area contributed by atoms with Crippen LogP contribution in [-0.2, 0) is 0 Å². The molecule has 0 aliphatic heterocycles. The molecule has 7 heteroatoms. The van der Waals surface area contributed by atoms with E-state index in [1.54, 1.807) is 24.4 Å². The Hall–Kier alpha value is -1.92. The second-order valence-corrected chi connectivity index (χ2v) is 5.44. The van der Waals surface area contributed by atoms with Crippen molar-refractivity contribution in [2.75, 3.05) is 12.4 Å². The molecule has 0 bridgehead atoms. The Morgan fingerprint density at radius 3 is 2.62 bits per heavy atom. The van der Waals surface area contributed by atoms with Gasteiger partial charge in [0.25, 0.3) is 11.8 Å². The van der Waals surface area contributed by atoms with E-state index in [-0.39, 0.29) is 11.8 Å². The van der Waals surface area contributed by atoms with Crippen molar-refractivity contribution < 1.29 is 9.59 Å². The quantitative estimate of drug-likeness (QED) is 0.874. The van der Waals surface area contributed by atoms with Crippen LogP contribution in [0.2, 0.25) is 5.02 Å². The molecule has 0 aliphatic rings. The molecule has 0 aliphatic carbocycles. The molecular weight excluding hydrogens is 358 g/mol. The second-order valence-electron chi connectivity index (χ2n) is 4.12. The number of halogens is 2. The minimum Gasteiger partial charge on any atom is -0.355 e. The molecule has 0 radical (unpaired) electrons. The highest BCUT2D eigenvalue weighted by molar-refractivity contribution is 9.10. The van der Waals surface area contributed by atoms with Crippen LogP contribution in [-0.4, -0.2) is 23.8 Å². The summed E-state index contributed by atoms with van der Waals surface area (Å²) in [6.07, 6.45) is 3.04. The Kier molecular flexibility index (Phi) is 4.93. The minimum absolute atomic E-state index is 0.296. The van der Waals surface area contributed by atoms with Gasteiger partial charge in [-0.25, -0.2) is 0 Å². The number of rotatable bonds is 3. The van der Waals surface area contributed by atoms with Gasteiger partial charge in [-0.05, 0) is 40.2 Å². The van der Waals surface area contributed by atoms with Crippen LogP contribution in [0.5, 0.6) is 0 Å². The molecule has 0 spiro atoms. The topological polar surface area (TPSA) is 71.1 Å². The minimum atomic E-state index is -0.325. The lowest BCUT2D eigenvalue weighted by Gasteiger charge is -2.08. The maximum Gasteiger partial charge on any atom is 0.257 e. The number of hydrogen-bond acceptors (Lipinski definition) is 3. The van der Waals surface area contributed by atoms with E-state index >= 15 is 0 Å². The van der Waals surface area contributed by atoms with E-state index in [4.69, 9.17) is 11.6 Å². The fourth-order valence-corrected chi connectivity index (χ4v) is 2.22. The first-order valence-corrected chi connectivity index (χ1v) is 7.12. The lowest BCUT2D eigenvalue weighted by Crippen LogP contribution is -2.19. The number of anilines is 1. The summed E-state index contributed by atoms with van der Waals surface area (Å²) in [4.78, 5) is 27.7. The summed E-state index contributed by atoms with van der Waals surface area (Å²) >= 11 is 9.21. The molecule has 2 aromatic rings. The normalized spacial score (nSPS) is 10.0. The van der Waals surface area contributed by atoms with Gasteiger partial charge in [0.15, 0.2) is 0 Å². The van der Waals surface area contributed by atoms with Gasteiger partial charge in [0.2, 0.25) is 0 Å². The summed E-state index contributed by atoms with van der Waals surface area (Å²) in [5.74, 6) is -0.644. The number of nitrogens with zero attached hydrogens (tertiary/aromatic N) is 1. The van der Waals surface area contributed by atoms with E-state index in [0.29, 0.717) is 26.3 Å². The number of carbonyl (C=O) groups excluding carboxylic acids is 2.